The number of aromatic nitrogens is 2. The van der Waals surface area contributed by atoms with E-state index < -0.39 is 0 Å². The summed E-state index contributed by atoms with van der Waals surface area (Å²) in [5.41, 5.74) is 1.28. The average molecular weight is 253 g/mol. The van der Waals surface area contributed by atoms with Gasteiger partial charge in [0.15, 0.2) is 5.82 Å². The Hall–Kier alpha value is -2.20. The first kappa shape index (κ1) is 11.9. The van der Waals surface area contributed by atoms with E-state index in [1.165, 1.54) is 22.7 Å². The fraction of sp³-hybridized carbons (Fsp3) is 0.200. The topological polar surface area (TPSA) is 51.0 Å². The second-order valence-electron chi connectivity index (χ2n) is 4.46. The summed E-state index contributed by atoms with van der Waals surface area (Å²) >= 11 is 0. The van der Waals surface area contributed by atoms with Crippen LogP contribution in [0.3, 0.4) is 0 Å². The van der Waals surface area contributed by atoms with Gasteiger partial charge < -0.3 is 9.84 Å². The van der Waals surface area contributed by atoms with Crippen molar-refractivity contribution < 1.29 is 4.52 Å². The molecule has 0 aliphatic carbocycles. The molecule has 0 fully saturated rings. The van der Waals surface area contributed by atoms with Crippen LogP contribution in [0.1, 0.15) is 11.4 Å². The van der Waals surface area contributed by atoms with Crippen molar-refractivity contribution in [3.8, 4) is 0 Å². The molecule has 19 heavy (non-hydrogen) atoms. The van der Waals surface area contributed by atoms with Crippen LogP contribution in [0.5, 0.6) is 0 Å². The molecule has 1 N–H and O–H groups in total. The van der Waals surface area contributed by atoms with Gasteiger partial charge in [0.2, 0.25) is 6.39 Å². The maximum absolute atomic E-state index is 4.69. The van der Waals surface area contributed by atoms with Gasteiger partial charge in [-0.15, -0.1) is 0 Å². The van der Waals surface area contributed by atoms with Crippen LogP contribution in [0, 0.1) is 0 Å². The molecule has 4 heteroatoms. The molecular formula is C15H15N3O. The molecule has 0 aliphatic heterocycles. The molecule has 0 saturated heterocycles. The SMILES string of the molecule is c1ccc2cc(CNCCc3ncon3)ccc2c1. The predicted octanol–water partition coefficient (Wildman–Crippen LogP) is 2.56. The van der Waals surface area contributed by atoms with Gasteiger partial charge in [0.25, 0.3) is 0 Å². The highest BCUT2D eigenvalue weighted by atomic mass is 16.5. The molecule has 0 saturated carbocycles. The van der Waals surface area contributed by atoms with Gasteiger partial charge in [-0.3, -0.25) is 0 Å². The van der Waals surface area contributed by atoms with Gasteiger partial charge in [-0.2, -0.15) is 4.98 Å². The molecule has 1 heterocycles. The molecular weight excluding hydrogens is 238 g/mol. The smallest absolute Gasteiger partial charge is 0.213 e. The van der Waals surface area contributed by atoms with Crippen molar-refractivity contribution in [2.45, 2.75) is 13.0 Å². The van der Waals surface area contributed by atoms with Crippen LogP contribution in [-0.4, -0.2) is 16.7 Å². The molecule has 0 atom stereocenters. The lowest BCUT2D eigenvalue weighted by atomic mass is 10.1. The molecule has 3 rings (SSSR count). The minimum absolute atomic E-state index is 0.742. The van der Waals surface area contributed by atoms with Crippen molar-refractivity contribution in [1.82, 2.24) is 15.5 Å². The Kier molecular flexibility index (Phi) is 3.51. The third kappa shape index (κ3) is 2.98. The zero-order chi connectivity index (χ0) is 12.9. The molecule has 0 aliphatic rings. The second kappa shape index (κ2) is 5.63. The Morgan fingerprint density at radius 2 is 1.95 bits per heavy atom. The number of nitrogens with one attached hydrogen (secondary N) is 1. The molecule has 2 aromatic carbocycles. The summed E-state index contributed by atoms with van der Waals surface area (Å²) in [5, 5.41) is 9.71. The van der Waals surface area contributed by atoms with Crippen LogP contribution in [0.15, 0.2) is 53.4 Å². The maximum atomic E-state index is 4.69. The molecule has 0 spiro atoms. The van der Waals surface area contributed by atoms with E-state index in [4.69, 9.17) is 0 Å². The predicted molar refractivity (Wildman–Crippen MR) is 73.7 cm³/mol. The molecule has 3 aromatic rings. The van der Waals surface area contributed by atoms with Crippen molar-refractivity contribution in [3.63, 3.8) is 0 Å². The number of fused-ring (bicyclic) bond motifs is 1. The van der Waals surface area contributed by atoms with Gasteiger partial charge in [0, 0.05) is 19.5 Å². The van der Waals surface area contributed by atoms with Crippen molar-refractivity contribution in [2.75, 3.05) is 6.54 Å². The van der Waals surface area contributed by atoms with Crippen LogP contribution in [-0.2, 0) is 13.0 Å². The van der Waals surface area contributed by atoms with Gasteiger partial charge in [-0.05, 0) is 22.4 Å². The van der Waals surface area contributed by atoms with Gasteiger partial charge >= 0.3 is 0 Å². The normalized spacial score (nSPS) is 10.9. The fourth-order valence-corrected chi connectivity index (χ4v) is 2.08. The fourth-order valence-electron chi connectivity index (χ4n) is 2.08. The van der Waals surface area contributed by atoms with Crippen molar-refractivity contribution >= 4 is 10.8 Å². The van der Waals surface area contributed by atoms with Crippen molar-refractivity contribution in [2.24, 2.45) is 0 Å². The minimum atomic E-state index is 0.742. The number of hydrogen-bond acceptors (Lipinski definition) is 4. The summed E-state index contributed by atoms with van der Waals surface area (Å²) in [5.74, 6) is 0.742. The molecule has 0 amide bonds. The lowest BCUT2D eigenvalue weighted by Gasteiger charge is -2.05. The summed E-state index contributed by atoms with van der Waals surface area (Å²) in [6.07, 6.45) is 2.14. The summed E-state index contributed by atoms with van der Waals surface area (Å²) in [6.45, 7) is 1.69. The van der Waals surface area contributed by atoms with Crippen LogP contribution in [0.25, 0.3) is 10.8 Å². The largest absolute Gasteiger partial charge is 0.343 e. The van der Waals surface area contributed by atoms with Gasteiger partial charge in [-0.25, -0.2) is 0 Å². The summed E-state index contributed by atoms with van der Waals surface area (Å²) < 4.78 is 4.69. The van der Waals surface area contributed by atoms with Gasteiger partial charge in [0.05, 0.1) is 0 Å². The second-order valence-corrected chi connectivity index (χ2v) is 4.46. The van der Waals surface area contributed by atoms with Crippen LogP contribution < -0.4 is 5.32 Å². The van der Waals surface area contributed by atoms with E-state index in [0.29, 0.717) is 0 Å². The standard InChI is InChI=1S/C15H15N3O/c1-2-4-14-9-12(5-6-13(14)3-1)10-16-8-7-15-17-11-19-18-15/h1-6,9,11,16H,7-8,10H2. The summed E-state index contributed by atoms with van der Waals surface area (Å²) in [7, 11) is 0. The molecule has 0 radical (unpaired) electrons. The Balaban J connectivity index is 1.56. The van der Waals surface area contributed by atoms with Crippen molar-refractivity contribution in [3.05, 3.63) is 60.2 Å². The van der Waals surface area contributed by atoms with E-state index in [9.17, 15) is 0 Å². The average Bonchev–Trinajstić information content (AvgIpc) is 2.97. The maximum Gasteiger partial charge on any atom is 0.213 e. The summed E-state index contributed by atoms with van der Waals surface area (Å²) in [6, 6.07) is 14.9. The Bertz CT molecular complexity index is 649. The van der Waals surface area contributed by atoms with E-state index in [-0.39, 0.29) is 0 Å². The highest BCUT2D eigenvalue weighted by molar-refractivity contribution is 5.82. The minimum Gasteiger partial charge on any atom is -0.343 e. The Labute approximate surface area is 111 Å². The zero-order valence-corrected chi connectivity index (χ0v) is 10.5. The van der Waals surface area contributed by atoms with Crippen LogP contribution in [0.2, 0.25) is 0 Å². The quantitative estimate of drug-likeness (QED) is 0.710. The summed E-state index contributed by atoms with van der Waals surface area (Å²) in [4.78, 5) is 3.98. The van der Waals surface area contributed by atoms with Crippen LogP contribution in [0.4, 0.5) is 0 Å². The number of hydrogen-bond donors (Lipinski definition) is 1. The highest BCUT2D eigenvalue weighted by Gasteiger charge is 1.99. The third-order valence-electron chi connectivity index (χ3n) is 3.08. The Morgan fingerprint density at radius 3 is 2.79 bits per heavy atom. The monoisotopic (exact) mass is 253 g/mol. The first-order chi connectivity index (χ1) is 9.42. The van der Waals surface area contributed by atoms with Crippen LogP contribution >= 0.6 is 0 Å². The molecule has 4 nitrogen and oxygen atoms in total. The van der Waals surface area contributed by atoms with E-state index >= 15 is 0 Å². The number of rotatable bonds is 5. The van der Waals surface area contributed by atoms with Gasteiger partial charge in [0.1, 0.15) is 0 Å². The third-order valence-corrected chi connectivity index (χ3v) is 3.08. The molecule has 0 bridgehead atoms. The van der Waals surface area contributed by atoms with E-state index in [1.54, 1.807) is 0 Å². The number of nitrogens with zero attached hydrogens (tertiary/aromatic N) is 2. The Morgan fingerprint density at radius 1 is 1.05 bits per heavy atom. The molecule has 0 unspecified atom stereocenters. The van der Waals surface area contributed by atoms with Gasteiger partial charge in [-0.1, -0.05) is 41.6 Å². The van der Waals surface area contributed by atoms with E-state index in [1.807, 2.05) is 0 Å². The lowest BCUT2D eigenvalue weighted by molar-refractivity contribution is 0.409. The van der Waals surface area contributed by atoms with E-state index in [0.717, 1.165) is 25.3 Å². The molecule has 1 aromatic heterocycles. The lowest BCUT2D eigenvalue weighted by Crippen LogP contribution is -2.17. The van der Waals surface area contributed by atoms with E-state index in [2.05, 4.69) is 62.4 Å². The molecule has 96 valence electrons. The first-order valence-electron chi connectivity index (χ1n) is 6.35. The number of benzene rings is 2. The van der Waals surface area contributed by atoms with Crippen molar-refractivity contribution in [1.29, 1.82) is 0 Å². The first-order valence-corrected chi connectivity index (χ1v) is 6.35. The zero-order valence-electron chi connectivity index (χ0n) is 10.5. The highest BCUT2D eigenvalue weighted by Crippen LogP contribution is 2.15.